The number of fused-ring (bicyclic) bond motifs is 1. The maximum absolute atomic E-state index is 13.8. The van der Waals surface area contributed by atoms with Crippen molar-refractivity contribution in [3.05, 3.63) is 29.6 Å². The topological polar surface area (TPSA) is 90.5 Å². The molecule has 0 aromatic heterocycles. The van der Waals surface area contributed by atoms with Gasteiger partial charge in [-0.2, -0.15) is 0 Å². The van der Waals surface area contributed by atoms with Crippen LogP contribution in [0, 0.1) is 11.2 Å². The number of rotatable bonds is 1. The fourth-order valence-corrected chi connectivity index (χ4v) is 4.43. The van der Waals surface area contributed by atoms with Gasteiger partial charge in [0.25, 0.3) is 0 Å². The van der Waals surface area contributed by atoms with Gasteiger partial charge in [0.2, 0.25) is 17.7 Å². The van der Waals surface area contributed by atoms with E-state index >= 15 is 0 Å². The average molecular weight is 402 g/mol. The Kier molecular flexibility index (Phi) is 4.85. The first-order valence-corrected chi connectivity index (χ1v) is 10.1. The highest BCUT2D eigenvalue weighted by atomic mass is 19.1. The molecule has 0 radical (unpaired) electrons. The minimum absolute atomic E-state index is 0.00382. The van der Waals surface area contributed by atoms with E-state index in [9.17, 15) is 18.8 Å². The second-order valence-electron chi connectivity index (χ2n) is 9.14. The number of carbonyl (C=O) groups excluding carboxylic acids is 3. The maximum atomic E-state index is 13.8. The van der Waals surface area contributed by atoms with Crippen LogP contribution in [0.3, 0.4) is 0 Å². The van der Waals surface area contributed by atoms with Gasteiger partial charge in [0.15, 0.2) is 0 Å². The summed E-state index contributed by atoms with van der Waals surface area (Å²) >= 11 is 0. The van der Waals surface area contributed by atoms with E-state index in [0.29, 0.717) is 43.7 Å². The molecule has 156 valence electrons. The zero-order chi connectivity index (χ0) is 20.8. The minimum Gasteiger partial charge on any atom is -0.354 e. The molecule has 3 heterocycles. The molecule has 0 aliphatic carbocycles. The van der Waals surface area contributed by atoms with Crippen LogP contribution in [0.5, 0.6) is 0 Å². The van der Waals surface area contributed by atoms with Gasteiger partial charge in [0.05, 0.1) is 5.92 Å². The van der Waals surface area contributed by atoms with Gasteiger partial charge in [0.1, 0.15) is 11.4 Å². The van der Waals surface area contributed by atoms with E-state index in [-0.39, 0.29) is 29.6 Å². The van der Waals surface area contributed by atoms with Crippen LogP contribution in [0.4, 0.5) is 10.1 Å². The summed E-state index contributed by atoms with van der Waals surface area (Å²) in [7, 11) is 0. The quantitative estimate of drug-likeness (QED) is 0.662. The number of likely N-dealkylation sites (tertiary alicyclic amines) is 1. The van der Waals surface area contributed by atoms with E-state index in [0.717, 1.165) is 6.54 Å². The van der Waals surface area contributed by atoms with Gasteiger partial charge in [-0.25, -0.2) is 4.39 Å². The SMILES string of the molecule is CC1(C)CNC(=O)C2(CCN(C(=O)C3CC(=O)Nc4ccc(F)cc43)CC2)NC1. The zero-order valence-corrected chi connectivity index (χ0v) is 16.8. The highest BCUT2D eigenvalue weighted by molar-refractivity contribution is 6.01. The number of hydrogen-bond donors (Lipinski definition) is 3. The lowest BCUT2D eigenvalue weighted by Gasteiger charge is -2.42. The molecule has 2 saturated heterocycles. The van der Waals surface area contributed by atoms with Crippen molar-refractivity contribution in [2.75, 3.05) is 31.5 Å². The highest BCUT2D eigenvalue weighted by Crippen LogP contribution is 2.36. The smallest absolute Gasteiger partial charge is 0.240 e. The summed E-state index contributed by atoms with van der Waals surface area (Å²) in [5.41, 5.74) is 0.303. The number of amides is 3. The number of benzene rings is 1. The summed E-state index contributed by atoms with van der Waals surface area (Å²) in [6.45, 7) is 6.37. The van der Waals surface area contributed by atoms with Crippen LogP contribution >= 0.6 is 0 Å². The fraction of sp³-hybridized carbons (Fsp3) is 0.571. The molecule has 0 saturated carbocycles. The van der Waals surface area contributed by atoms with E-state index in [2.05, 4.69) is 29.8 Å². The average Bonchev–Trinajstić information content (AvgIpc) is 2.80. The molecule has 8 heteroatoms. The van der Waals surface area contributed by atoms with Crippen molar-refractivity contribution in [3.8, 4) is 0 Å². The number of halogens is 1. The van der Waals surface area contributed by atoms with Gasteiger partial charge in [-0.05, 0) is 42.0 Å². The lowest BCUT2D eigenvalue weighted by molar-refractivity contribution is -0.139. The lowest BCUT2D eigenvalue weighted by atomic mass is 9.84. The standard InChI is InChI=1S/C21H27FN4O3/c1-20(2)11-23-19(29)21(24-12-20)5-7-26(8-6-21)18(28)15-10-17(27)25-16-4-3-13(22)9-14(15)16/h3-4,9,15,24H,5-8,10-12H2,1-2H3,(H,23,29)(H,25,27). The third-order valence-electron chi connectivity index (χ3n) is 6.35. The number of carbonyl (C=O) groups is 3. The lowest BCUT2D eigenvalue weighted by Crippen LogP contribution is -2.61. The molecule has 7 nitrogen and oxygen atoms in total. The number of anilines is 1. The van der Waals surface area contributed by atoms with Crippen LogP contribution in [-0.4, -0.2) is 54.3 Å². The van der Waals surface area contributed by atoms with Crippen LogP contribution < -0.4 is 16.0 Å². The molecule has 3 aliphatic rings. The van der Waals surface area contributed by atoms with Crippen molar-refractivity contribution in [2.45, 2.75) is 44.6 Å². The Morgan fingerprint density at radius 2 is 1.90 bits per heavy atom. The number of hydrogen-bond acceptors (Lipinski definition) is 4. The van der Waals surface area contributed by atoms with Gasteiger partial charge in [0, 0.05) is 38.3 Å². The van der Waals surface area contributed by atoms with Gasteiger partial charge >= 0.3 is 0 Å². The molecule has 0 bridgehead atoms. The van der Waals surface area contributed by atoms with Crippen molar-refractivity contribution >= 4 is 23.4 Å². The van der Waals surface area contributed by atoms with Gasteiger partial charge in [-0.15, -0.1) is 0 Å². The Bertz CT molecular complexity index is 861. The predicted molar refractivity (Wildman–Crippen MR) is 106 cm³/mol. The third-order valence-corrected chi connectivity index (χ3v) is 6.35. The van der Waals surface area contributed by atoms with Crippen LogP contribution in [0.25, 0.3) is 0 Å². The first-order valence-electron chi connectivity index (χ1n) is 10.1. The molecule has 3 aliphatic heterocycles. The molecule has 3 N–H and O–H groups in total. The number of nitrogens with one attached hydrogen (secondary N) is 3. The van der Waals surface area contributed by atoms with Gasteiger partial charge in [-0.1, -0.05) is 13.8 Å². The van der Waals surface area contributed by atoms with Crippen molar-refractivity contribution < 1.29 is 18.8 Å². The summed E-state index contributed by atoms with van der Waals surface area (Å²) < 4.78 is 13.8. The largest absolute Gasteiger partial charge is 0.354 e. The van der Waals surface area contributed by atoms with Crippen LogP contribution in [-0.2, 0) is 14.4 Å². The zero-order valence-electron chi connectivity index (χ0n) is 16.8. The van der Waals surface area contributed by atoms with E-state index in [1.54, 1.807) is 4.90 Å². The second kappa shape index (κ2) is 7.09. The Hall–Kier alpha value is -2.48. The van der Waals surface area contributed by atoms with Gasteiger partial charge in [-0.3, -0.25) is 14.4 Å². The summed E-state index contributed by atoms with van der Waals surface area (Å²) in [6, 6.07) is 4.09. The van der Waals surface area contributed by atoms with Crippen LogP contribution in [0.1, 0.15) is 44.6 Å². The predicted octanol–water partition coefficient (Wildman–Crippen LogP) is 1.36. The van der Waals surface area contributed by atoms with E-state index in [1.807, 2.05) is 0 Å². The van der Waals surface area contributed by atoms with E-state index in [1.165, 1.54) is 18.2 Å². The molecule has 3 amide bonds. The van der Waals surface area contributed by atoms with Crippen LogP contribution in [0.2, 0.25) is 0 Å². The molecule has 2 fully saturated rings. The van der Waals surface area contributed by atoms with Gasteiger partial charge < -0.3 is 20.9 Å². The third kappa shape index (κ3) is 3.73. The molecule has 1 atom stereocenters. The summed E-state index contributed by atoms with van der Waals surface area (Å²) in [4.78, 5) is 39.7. The molecular formula is C21H27FN4O3. The molecule has 1 spiro atoms. The Morgan fingerprint density at radius 3 is 2.62 bits per heavy atom. The normalized spacial score (nSPS) is 25.6. The second-order valence-corrected chi connectivity index (χ2v) is 9.14. The number of nitrogens with zero attached hydrogens (tertiary/aromatic N) is 1. The highest BCUT2D eigenvalue weighted by Gasteiger charge is 2.46. The van der Waals surface area contributed by atoms with Crippen molar-refractivity contribution in [1.82, 2.24) is 15.5 Å². The summed E-state index contributed by atoms with van der Waals surface area (Å²) in [5.74, 6) is -1.57. The molecular weight excluding hydrogens is 375 g/mol. The van der Waals surface area contributed by atoms with Crippen molar-refractivity contribution in [2.24, 2.45) is 5.41 Å². The monoisotopic (exact) mass is 402 g/mol. The summed E-state index contributed by atoms with van der Waals surface area (Å²) in [5, 5.41) is 9.17. The van der Waals surface area contributed by atoms with Crippen molar-refractivity contribution in [1.29, 1.82) is 0 Å². The first kappa shape index (κ1) is 19.8. The van der Waals surface area contributed by atoms with Crippen molar-refractivity contribution in [3.63, 3.8) is 0 Å². The summed E-state index contributed by atoms with van der Waals surface area (Å²) in [6.07, 6.45) is 1.02. The maximum Gasteiger partial charge on any atom is 0.240 e. The Labute approximate surface area is 169 Å². The molecule has 4 rings (SSSR count). The molecule has 29 heavy (non-hydrogen) atoms. The number of piperidine rings is 1. The van der Waals surface area contributed by atoms with E-state index in [4.69, 9.17) is 0 Å². The fourth-order valence-electron chi connectivity index (χ4n) is 4.43. The molecule has 1 aromatic rings. The van der Waals surface area contributed by atoms with Crippen LogP contribution in [0.15, 0.2) is 18.2 Å². The molecule has 1 unspecified atom stereocenters. The van der Waals surface area contributed by atoms with E-state index < -0.39 is 17.3 Å². The Morgan fingerprint density at radius 1 is 1.17 bits per heavy atom. The molecule has 1 aromatic carbocycles. The Balaban J connectivity index is 1.49. The minimum atomic E-state index is -0.696. The first-order chi connectivity index (χ1) is 13.7.